The molecule has 0 aliphatic carbocycles. The van der Waals surface area contributed by atoms with Crippen molar-refractivity contribution in [2.24, 2.45) is 5.73 Å². The van der Waals surface area contributed by atoms with Crippen molar-refractivity contribution in [3.63, 3.8) is 0 Å². The number of carboxylic acid groups (broad SMARTS) is 2. The molecular formula is C24H37N3O6S. The Morgan fingerprint density at radius 3 is 2.29 bits per heavy atom. The van der Waals surface area contributed by atoms with Crippen LogP contribution in [0.15, 0.2) is 30.3 Å². The molecule has 10 heteroatoms. The molecule has 0 spiro atoms. The molecule has 0 fully saturated rings. The average molecular weight is 496 g/mol. The fraction of sp³-hybridized carbons (Fsp3) is 0.583. The maximum Gasteiger partial charge on any atom is 0.323 e. The monoisotopic (exact) mass is 495 g/mol. The first-order valence-electron chi connectivity index (χ1n) is 11.7. The zero-order valence-corrected chi connectivity index (χ0v) is 20.6. The smallest absolute Gasteiger partial charge is 0.323 e. The molecule has 2 atom stereocenters. The van der Waals surface area contributed by atoms with Crippen LogP contribution in [-0.4, -0.2) is 64.1 Å². The number of benzene rings is 1. The number of nitrogens with one attached hydrogen (secondary N) is 1. The summed E-state index contributed by atoms with van der Waals surface area (Å²) in [6, 6.07) is 6.31. The van der Waals surface area contributed by atoms with Crippen LogP contribution in [0, 0.1) is 0 Å². The van der Waals surface area contributed by atoms with Crippen LogP contribution in [0.25, 0.3) is 0 Å². The first-order chi connectivity index (χ1) is 16.3. The molecule has 1 aromatic rings. The third-order valence-corrected chi connectivity index (χ3v) is 6.33. The van der Waals surface area contributed by atoms with Gasteiger partial charge >= 0.3 is 11.9 Å². The van der Waals surface area contributed by atoms with Crippen molar-refractivity contribution in [3.05, 3.63) is 30.3 Å². The second-order valence-corrected chi connectivity index (χ2v) is 9.25. The fourth-order valence-corrected chi connectivity index (χ4v) is 4.30. The molecule has 0 unspecified atom stereocenters. The van der Waals surface area contributed by atoms with Crippen molar-refractivity contribution < 1.29 is 29.4 Å². The molecule has 34 heavy (non-hydrogen) atoms. The lowest BCUT2D eigenvalue weighted by atomic mass is 10.1. The molecule has 9 nitrogen and oxygen atoms in total. The topological polar surface area (TPSA) is 150 Å². The molecule has 2 amide bonds. The molecule has 0 saturated heterocycles. The van der Waals surface area contributed by atoms with Crippen LogP contribution in [0.2, 0.25) is 0 Å². The zero-order chi connectivity index (χ0) is 25.3. The number of hydrogen-bond acceptors (Lipinski definition) is 6. The molecule has 0 aliphatic heterocycles. The van der Waals surface area contributed by atoms with Crippen LogP contribution in [0.4, 0.5) is 5.69 Å². The van der Waals surface area contributed by atoms with Crippen LogP contribution >= 0.6 is 11.8 Å². The number of hydrogen-bond donors (Lipinski definition) is 4. The van der Waals surface area contributed by atoms with E-state index in [9.17, 15) is 24.3 Å². The van der Waals surface area contributed by atoms with Crippen molar-refractivity contribution in [1.82, 2.24) is 5.32 Å². The predicted molar refractivity (Wildman–Crippen MR) is 134 cm³/mol. The third kappa shape index (κ3) is 12.0. The molecule has 1 aromatic carbocycles. The summed E-state index contributed by atoms with van der Waals surface area (Å²) in [5.74, 6) is -2.30. The first-order valence-corrected chi connectivity index (χ1v) is 12.8. The largest absolute Gasteiger partial charge is 0.480 e. The van der Waals surface area contributed by atoms with Crippen molar-refractivity contribution in [3.8, 4) is 0 Å². The minimum atomic E-state index is -1.20. The highest BCUT2D eigenvalue weighted by atomic mass is 32.2. The van der Waals surface area contributed by atoms with E-state index < -0.39 is 42.4 Å². The predicted octanol–water partition coefficient (Wildman–Crippen LogP) is 2.87. The Morgan fingerprint density at radius 1 is 1.03 bits per heavy atom. The van der Waals surface area contributed by atoms with Gasteiger partial charge in [0.25, 0.3) is 5.91 Å². The van der Waals surface area contributed by atoms with Gasteiger partial charge in [-0.15, -0.1) is 0 Å². The fourth-order valence-electron chi connectivity index (χ4n) is 3.26. The lowest BCUT2D eigenvalue weighted by Gasteiger charge is -2.27. The van der Waals surface area contributed by atoms with Crippen LogP contribution in [-0.2, 0) is 19.2 Å². The van der Waals surface area contributed by atoms with Crippen molar-refractivity contribution in [2.45, 2.75) is 70.4 Å². The Kier molecular flexibility index (Phi) is 14.7. The summed E-state index contributed by atoms with van der Waals surface area (Å²) < 4.78 is 0. The molecular weight excluding hydrogens is 458 g/mol. The van der Waals surface area contributed by atoms with Gasteiger partial charge in [0.2, 0.25) is 5.91 Å². The summed E-state index contributed by atoms with van der Waals surface area (Å²) in [6.07, 6.45) is 6.66. The number of para-hydroxylation sites is 1. The lowest BCUT2D eigenvalue weighted by Crippen LogP contribution is -2.51. The van der Waals surface area contributed by atoms with Crippen molar-refractivity contribution >= 4 is 41.2 Å². The molecule has 0 bridgehead atoms. The summed E-state index contributed by atoms with van der Waals surface area (Å²) in [5, 5.41) is 20.9. The molecule has 0 aromatic heterocycles. The molecule has 5 N–H and O–H groups in total. The van der Waals surface area contributed by atoms with Crippen LogP contribution in [0.5, 0.6) is 0 Å². The van der Waals surface area contributed by atoms with E-state index in [1.807, 2.05) is 0 Å². The summed E-state index contributed by atoms with van der Waals surface area (Å²) in [7, 11) is 0. The number of carbonyl (C=O) groups is 4. The second-order valence-electron chi connectivity index (χ2n) is 8.10. The average Bonchev–Trinajstić information content (AvgIpc) is 2.81. The highest BCUT2D eigenvalue weighted by molar-refractivity contribution is 7.99. The van der Waals surface area contributed by atoms with Gasteiger partial charge in [0.1, 0.15) is 18.6 Å². The van der Waals surface area contributed by atoms with Gasteiger partial charge in [-0.2, -0.15) is 11.8 Å². The van der Waals surface area contributed by atoms with Gasteiger partial charge in [0, 0.05) is 17.9 Å². The van der Waals surface area contributed by atoms with Gasteiger partial charge < -0.3 is 21.3 Å². The van der Waals surface area contributed by atoms with Crippen molar-refractivity contribution in [1.29, 1.82) is 0 Å². The number of carboxylic acids is 2. The molecule has 190 valence electrons. The van der Waals surface area contributed by atoms with E-state index >= 15 is 0 Å². The number of nitrogens with zero attached hydrogens (tertiary/aromatic N) is 1. The summed E-state index contributed by atoms with van der Waals surface area (Å²) in [4.78, 5) is 49.2. The number of thioether (sulfide) groups is 1. The molecule has 0 heterocycles. The Morgan fingerprint density at radius 2 is 1.68 bits per heavy atom. The molecule has 1 rings (SSSR count). The van der Waals surface area contributed by atoms with E-state index in [1.54, 1.807) is 30.3 Å². The number of nitrogens with two attached hydrogens (primary N) is 1. The standard InChI is InChI=1S/C24H37N3O6S/c1-2-3-4-5-6-10-15-34-17-20(26-21(28)14-13-19(25)24(32)33)23(31)27(16-22(29)30)18-11-8-7-9-12-18/h7-9,11-12,19-20H,2-6,10,13-17,25H2,1H3,(H,26,28)(H,29,30)(H,32,33)/t19-,20-/m0/s1. The third-order valence-electron chi connectivity index (χ3n) is 5.19. The summed E-state index contributed by atoms with van der Waals surface area (Å²) >= 11 is 1.53. The van der Waals surface area contributed by atoms with Crippen LogP contribution < -0.4 is 16.0 Å². The van der Waals surface area contributed by atoms with Gasteiger partial charge in [-0.05, 0) is 30.7 Å². The zero-order valence-electron chi connectivity index (χ0n) is 19.8. The van der Waals surface area contributed by atoms with E-state index in [1.165, 1.54) is 31.0 Å². The SMILES string of the molecule is CCCCCCCCSC[C@H](NC(=O)CC[C@H](N)C(=O)O)C(=O)N(CC(=O)O)c1ccccc1. The number of aliphatic carboxylic acids is 2. The van der Waals surface area contributed by atoms with Gasteiger partial charge in [-0.25, -0.2) is 0 Å². The number of anilines is 1. The van der Waals surface area contributed by atoms with Crippen LogP contribution in [0.3, 0.4) is 0 Å². The minimum Gasteiger partial charge on any atom is -0.480 e. The van der Waals surface area contributed by atoms with Gasteiger partial charge in [0.05, 0.1) is 0 Å². The quantitative estimate of drug-likeness (QED) is 0.227. The van der Waals surface area contributed by atoms with E-state index in [4.69, 9.17) is 10.8 Å². The van der Waals surface area contributed by atoms with Gasteiger partial charge in [-0.1, -0.05) is 57.2 Å². The highest BCUT2D eigenvalue weighted by Crippen LogP contribution is 2.17. The molecule has 0 radical (unpaired) electrons. The highest BCUT2D eigenvalue weighted by Gasteiger charge is 2.28. The molecule has 0 saturated carbocycles. The lowest BCUT2D eigenvalue weighted by molar-refractivity contribution is -0.139. The Balaban J connectivity index is 2.82. The summed E-state index contributed by atoms with van der Waals surface area (Å²) in [5.41, 5.74) is 5.89. The maximum absolute atomic E-state index is 13.3. The number of amides is 2. The number of carbonyl (C=O) groups excluding carboxylic acids is 2. The van der Waals surface area contributed by atoms with Gasteiger partial charge in [0.15, 0.2) is 0 Å². The van der Waals surface area contributed by atoms with E-state index in [0.717, 1.165) is 29.9 Å². The van der Waals surface area contributed by atoms with Crippen molar-refractivity contribution in [2.75, 3.05) is 23.0 Å². The first kappa shape index (κ1) is 29.4. The Hall–Kier alpha value is -2.59. The number of unbranched alkanes of at least 4 members (excludes halogenated alkanes) is 5. The van der Waals surface area contributed by atoms with Gasteiger partial charge in [-0.3, -0.25) is 24.1 Å². The van der Waals surface area contributed by atoms with E-state index in [0.29, 0.717) is 5.69 Å². The maximum atomic E-state index is 13.3. The van der Waals surface area contributed by atoms with E-state index in [2.05, 4.69) is 12.2 Å². The van der Waals surface area contributed by atoms with Crippen LogP contribution in [0.1, 0.15) is 58.3 Å². The normalized spacial score (nSPS) is 12.5. The second kappa shape index (κ2) is 16.9. The Labute approximate surface area is 205 Å². The molecule has 0 aliphatic rings. The summed E-state index contributed by atoms with van der Waals surface area (Å²) in [6.45, 7) is 1.63. The van der Waals surface area contributed by atoms with E-state index in [-0.39, 0.29) is 18.6 Å². The minimum absolute atomic E-state index is 0.0650. The number of rotatable bonds is 18. The Bertz CT molecular complexity index is 777.